The molecule has 1 aromatic carbocycles. The molecule has 0 aliphatic rings. The highest BCUT2D eigenvalue weighted by atomic mass is 32.1. The molecule has 0 bridgehead atoms. The number of aryl methyl sites for hydroxylation is 2. The molecule has 4 nitrogen and oxygen atoms in total. The van der Waals surface area contributed by atoms with Gasteiger partial charge in [-0.15, -0.1) is 11.3 Å². The van der Waals surface area contributed by atoms with Crippen LogP contribution in [0.5, 0.6) is 0 Å². The molecule has 1 N–H and O–H groups in total. The summed E-state index contributed by atoms with van der Waals surface area (Å²) < 4.78 is 1.90. The Morgan fingerprint density at radius 1 is 1.17 bits per heavy atom. The fourth-order valence-corrected chi connectivity index (χ4v) is 3.35. The molecule has 2 heterocycles. The maximum atomic E-state index is 12.2. The molecule has 5 heteroatoms. The highest BCUT2D eigenvalue weighted by Gasteiger charge is 2.11. The molecule has 0 unspecified atom stereocenters. The van der Waals surface area contributed by atoms with Gasteiger partial charge >= 0.3 is 0 Å². The van der Waals surface area contributed by atoms with Crippen molar-refractivity contribution in [2.24, 2.45) is 7.05 Å². The molecule has 1 amide bonds. The summed E-state index contributed by atoms with van der Waals surface area (Å²) in [6.45, 7) is 4.65. The van der Waals surface area contributed by atoms with E-state index in [1.54, 1.807) is 11.3 Å². The normalized spacial score (nSPS) is 10.8. The Hall–Kier alpha value is -2.40. The lowest BCUT2D eigenvalue weighted by Gasteiger charge is -2.06. The summed E-state index contributed by atoms with van der Waals surface area (Å²) in [7, 11) is 1.90. The van der Waals surface area contributed by atoms with Crippen molar-refractivity contribution in [3.63, 3.8) is 0 Å². The predicted octanol–water partition coefficient (Wildman–Crippen LogP) is 3.74. The van der Waals surface area contributed by atoms with Crippen molar-refractivity contribution in [2.75, 3.05) is 6.54 Å². The van der Waals surface area contributed by atoms with E-state index in [-0.39, 0.29) is 5.91 Å². The van der Waals surface area contributed by atoms with Crippen LogP contribution in [0.3, 0.4) is 0 Å². The second kappa shape index (κ2) is 7.01. The summed E-state index contributed by atoms with van der Waals surface area (Å²) in [5.74, 6) is -0.0420. The van der Waals surface area contributed by atoms with Crippen LogP contribution in [0.15, 0.2) is 41.8 Å². The molecule has 0 saturated heterocycles. The van der Waals surface area contributed by atoms with Crippen molar-refractivity contribution >= 4 is 17.2 Å². The van der Waals surface area contributed by atoms with Gasteiger partial charge < -0.3 is 9.88 Å². The molecule has 24 heavy (non-hydrogen) atoms. The molecule has 0 atom stereocenters. The number of nitrogens with zero attached hydrogens (tertiary/aromatic N) is 2. The van der Waals surface area contributed by atoms with Crippen LogP contribution in [-0.2, 0) is 13.5 Å². The van der Waals surface area contributed by atoms with E-state index in [9.17, 15) is 4.79 Å². The summed E-state index contributed by atoms with van der Waals surface area (Å²) in [6, 6.07) is 12.2. The van der Waals surface area contributed by atoms with Gasteiger partial charge in [-0.3, -0.25) is 4.79 Å². The number of aromatic nitrogens is 2. The molecule has 3 aromatic rings. The zero-order chi connectivity index (χ0) is 17.1. The first-order chi connectivity index (χ1) is 11.5. The van der Waals surface area contributed by atoms with Gasteiger partial charge in [0.1, 0.15) is 10.7 Å². The van der Waals surface area contributed by atoms with Gasteiger partial charge in [0, 0.05) is 36.7 Å². The third-order valence-corrected chi connectivity index (χ3v) is 5.06. The minimum absolute atomic E-state index is 0.0420. The van der Waals surface area contributed by atoms with Gasteiger partial charge in [-0.25, -0.2) is 4.98 Å². The van der Waals surface area contributed by atoms with Crippen molar-refractivity contribution in [3.05, 3.63) is 64.4 Å². The highest BCUT2D eigenvalue weighted by molar-refractivity contribution is 7.13. The SMILES string of the molecule is Cc1ccc(-c2nc(CCNC(=O)c3ccc(C)n3C)cs2)cc1. The first kappa shape index (κ1) is 16.5. The molecular formula is C19H21N3OS. The van der Waals surface area contributed by atoms with Crippen molar-refractivity contribution < 1.29 is 4.79 Å². The first-order valence-electron chi connectivity index (χ1n) is 7.96. The third-order valence-electron chi connectivity index (χ3n) is 4.12. The molecule has 3 rings (SSSR count). The zero-order valence-corrected chi connectivity index (χ0v) is 15.0. The van der Waals surface area contributed by atoms with Crippen LogP contribution in [0.4, 0.5) is 0 Å². The number of carbonyl (C=O) groups is 1. The Bertz CT molecular complexity index is 846. The first-order valence-corrected chi connectivity index (χ1v) is 8.84. The maximum absolute atomic E-state index is 12.2. The Morgan fingerprint density at radius 2 is 1.92 bits per heavy atom. The lowest BCUT2D eigenvalue weighted by Crippen LogP contribution is -2.27. The molecule has 0 saturated carbocycles. The van der Waals surface area contributed by atoms with Crippen molar-refractivity contribution in [1.82, 2.24) is 14.9 Å². The van der Waals surface area contributed by atoms with Gasteiger partial charge in [0.05, 0.1) is 5.69 Å². The van der Waals surface area contributed by atoms with E-state index in [1.165, 1.54) is 5.56 Å². The lowest BCUT2D eigenvalue weighted by molar-refractivity contribution is 0.0946. The average Bonchev–Trinajstić information content (AvgIpc) is 3.16. The lowest BCUT2D eigenvalue weighted by atomic mass is 10.2. The van der Waals surface area contributed by atoms with Crippen LogP contribution in [0.25, 0.3) is 10.6 Å². The van der Waals surface area contributed by atoms with Crippen LogP contribution >= 0.6 is 11.3 Å². The third kappa shape index (κ3) is 3.57. The number of benzene rings is 1. The largest absolute Gasteiger partial charge is 0.350 e. The topological polar surface area (TPSA) is 46.9 Å². The number of thiazole rings is 1. The number of amides is 1. The highest BCUT2D eigenvalue weighted by Crippen LogP contribution is 2.24. The predicted molar refractivity (Wildman–Crippen MR) is 98.5 cm³/mol. The number of nitrogens with one attached hydrogen (secondary N) is 1. The van der Waals surface area contributed by atoms with E-state index < -0.39 is 0 Å². The van der Waals surface area contributed by atoms with Gasteiger partial charge in [0.2, 0.25) is 0 Å². The van der Waals surface area contributed by atoms with E-state index in [4.69, 9.17) is 0 Å². The Balaban J connectivity index is 1.57. The van der Waals surface area contributed by atoms with Crippen LogP contribution in [0.1, 0.15) is 27.4 Å². The van der Waals surface area contributed by atoms with E-state index in [1.807, 2.05) is 30.7 Å². The van der Waals surface area contributed by atoms with E-state index in [2.05, 4.69) is 46.9 Å². The standard InChI is InChI=1S/C19H21N3OS/c1-13-4-7-15(8-5-13)19-21-16(12-24-19)10-11-20-18(23)17-9-6-14(2)22(17)3/h4-9,12H,10-11H2,1-3H3,(H,20,23). The maximum Gasteiger partial charge on any atom is 0.267 e. The van der Waals surface area contributed by atoms with Gasteiger partial charge in [-0.05, 0) is 26.0 Å². The molecule has 2 aromatic heterocycles. The van der Waals surface area contributed by atoms with Crippen LogP contribution in [0, 0.1) is 13.8 Å². The average molecular weight is 339 g/mol. The second-order valence-electron chi connectivity index (χ2n) is 5.93. The second-order valence-corrected chi connectivity index (χ2v) is 6.79. The summed E-state index contributed by atoms with van der Waals surface area (Å²) >= 11 is 1.64. The van der Waals surface area contributed by atoms with Gasteiger partial charge in [-0.2, -0.15) is 0 Å². The summed E-state index contributed by atoms with van der Waals surface area (Å²) in [5, 5.41) is 6.05. The summed E-state index contributed by atoms with van der Waals surface area (Å²) in [4.78, 5) is 16.8. The van der Waals surface area contributed by atoms with Crippen molar-refractivity contribution in [2.45, 2.75) is 20.3 Å². The number of carbonyl (C=O) groups excluding carboxylic acids is 1. The smallest absolute Gasteiger partial charge is 0.267 e. The molecule has 0 aliphatic carbocycles. The zero-order valence-electron chi connectivity index (χ0n) is 14.2. The van der Waals surface area contributed by atoms with Crippen LogP contribution in [0.2, 0.25) is 0 Å². The quantitative estimate of drug-likeness (QED) is 0.770. The minimum atomic E-state index is -0.0420. The number of rotatable bonds is 5. The minimum Gasteiger partial charge on any atom is -0.350 e. The molecule has 0 aliphatic heterocycles. The Kier molecular flexibility index (Phi) is 4.81. The van der Waals surface area contributed by atoms with E-state index >= 15 is 0 Å². The van der Waals surface area contributed by atoms with Crippen molar-refractivity contribution in [3.8, 4) is 10.6 Å². The summed E-state index contributed by atoms with van der Waals surface area (Å²) in [5.41, 5.74) is 5.15. The Labute approximate surface area is 146 Å². The van der Waals surface area contributed by atoms with Crippen LogP contribution in [-0.4, -0.2) is 22.0 Å². The number of hydrogen-bond donors (Lipinski definition) is 1. The van der Waals surface area contributed by atoms with Gasteiger partial charge in [-0.1, -0.05) is 29.8 Å². The van der Waals surface area contributed by atoms with Crippen molar-refractivity contribution in [1.29, 1.82) is 0 Å². The monoisotopic (exact) mass is 339 g/mol. The van der Waals surface area contributed by atoms with Gasteiger partial charge in [0.25, 0.3) is 5.91 Å². The molecule has 124 valence electrons. The molecular weight excluding hydrogens is 318 g/mol. The Morgan fingerprint density at radius 3 is 2.58 bits per heavy atom. The molecule has 0 radical (unpaired) electrons. The summed E-state index contributed by atoms with van der Waals surface area (Å²) in [6.07, 6.45) is 0.734. The van der Waals surface area contributed by atoms with E-state index in [0.717, 1.165) is 28.4 Å². The van der Waals surface area contributed by atoms with Gasteiger partial charge in [0.15, 0.2) is 0 Å². The fourth-order valence-electron chi connectivity index (χ4n) is 2.49. The van der Waals surface area contributed by atoms with Crippen LogP contribution < -0.4 is 5.32 Å². The molecule has 0 spiro atoms. The fraction of sp³-hybridized carbons (Fsp3) is 0.263. The number of hydrogen-bond acceptors (Lipinski definition) is 3. The van der Waals surface area contributed by atoms with E-state index in [0.29, 0.717) is 12.2 Å². The molecule has 0 fully saturated rings.